The van der Waals surface area contributed by atoms with E-state index in [9.17, 15) is 0 Å². The van der Waals surface area contributed by atoms with Gasteiger partial charge in [0.2, 0.25) is 0 Å². The highest BCUT2D eigenvalue weighted by Crippen LogP contribution is 2.14. The Kier molecular flexibility index (Phi) is 5.69. The predicted molar refractivity (Wildman–Crippen MR) is 70.7 cm³/mol. The lowest BCUT2D eigenvalue weighted by atomic mass is 10.4. The van der Waals surface area contributed by atoms with Crippen molar-refractivity contribution in [3.8, 4) is 0 Å². The van der Waals surface area contributed by atoms with Gasteiger partial charge in [-0.15, -0.1) is 0 Å². The van der Waals surface area contributed by atoms with Gasteiger partial charge in [0, 0.05) is 39.7 Å². The molecule has 0 amide bonds. The van der Waals surface area contributed by atoms with Gasteiger partial charge in [-0.2, -0.15) is 0 Å². The van der Waals surface area contributed by atoms with Crippen LogP contribution in [0.3, 0.4) is 0 Å². The monoisotopic (exact) mass is 238 g/mol. The van der Waals surface area contributed by atoms with Gasteiger partial charge in [-0.05, 0) is 6.92 Å². The maximum absolute atomic E-state index is 5.34. The number of aryl methyl sites for hydroxylation is 1. The molecule has 0 spiro atoms. The molecule has 1 rings (SSSR count). The first-order valence-corrected chi connectivity index (χ1v) is 6.05. The third kappa shape index (κ3) is 4.19. The van der Waals surface area contributed by atoms with Crippen LogP contribution < -0.4 is 10.2 Å². The molecule has 0 aliphatic carbocycles. The highest BCUT2D eigenvalue weighted by Gasteiger charge is 2.06. The van der Waals surface area contributed by atoms with Crippen LogP contribution in [0.2, 0.25) is 0 Å². The molecule has 5 heteroatoms. The molecule has 0 radical (unpaired) electrons. The Labute approximate surface area is 103 Å². The predicted octanol–water partition coefficient (Wildman–Crippen LogP) is 1.55. The van der Waals surface area contributed by atoms with E-state index in [1.54, 1.807) is 0 Å². The first-order valence-electron chi connectivity index (χ1n) is 6.05. The number of anilines is 2. The smallest absolute Gasteiger partial charge is 0.134 e. The highest BCUT2D eigenvalue weighted by molar-refractivity contribution is 5.48. The lowest BCUT2D eigenvalue weighted by Gasteiger charge is -2.19. The standard InChI is InChI=1S/C12H22N4O/c1-5-10-14-11(13-3)9-12(15-10)16(4)7-8-17-6-2/h9H,5-8H2,1-4H3,(H,13,14,15). The zero-order valence-corrected chi connectivity index (χ0v) is 11.2. The Morgan fingerprint density at radius 3 is 2.71 bits per heavy atom. The molecular weight excluding hydrogens is 216 g/mol. The highest BCUT2D eigenvalue weighted by atomic mass is 16.5. The fraction of sp³-hybridized carbons (Fsp3) is 0.667. The summed E-state index contributed by atoms with van der Waals surface area (Å²) < 4.78 is 5.34. The van der Waals surface area contributed by atoms with E-state index >= 15 is 0 Å². The molecule has 1 heterocycles. The van der Waals surface area contributed by atoms with Crippen molar-refractivity contribution in [3.05, 3.63) is 11.9 Å². The molecular formula is C12H22N4O. The first kappa shape index (κ1) is 13.7. The summed E-state index contributed by atoms with van der Waals surface area (Å²) in [6.07, 6.45) is 0.835. The van der Waals surface area contributed by atoms with Crippen LogP contribution in [0.25, 0.3) is 0 Å². The maximum atomic E-state index is 5.34. The van der Waals surface area contributed by atoms with Crippen molar-refractivity contribution in [1.82, 2.24) is 9.97 Å². The van der Waals surface area contributed by atoms with Crippen molar-refractivity contribution in [2.24, 2.45) is 0 Å². The number of nitrogens with one attached hydrogen (secondary N) is 1. The van der Waals surface area contributed by atoms with E-state index < -0.39 is 0 Å². The number of hydrogen-bond donors (Lipinski definition) is 1. The quantitative estimate of drug-likeness (QED) is 0.730. The summed E-state index contributed by atoms with van der Waals surface area (Å²) in [6, 6.07) is 1.95. The fourth-order valence-electron chi connectivity index (χ4n) is 1.43. The van der Waals surface area contributed by atoms with E-state index in [1.807, 2.05) is 27.1 Å². The van der Waals surface area contributed by atoms with Crippen LogP contribution >= 0.6 is 0 Å². The number of nitrogens with zero attached hydrogens (tertiary/aromatic N) is 3. The molecule has 17 heavy (non-hydrogen) atoms. The average molecular weight is 238 g/mol. The van der Waals surface area contributed by atoms with Gasteiger partial charge in [-0.1, -0.05) is 6.92 Å². The van der Waals surface area contributed by atoms with Gasteiger partial charge < -0.3 is 15.0 Å². The van der Waals surface area contributed by atoms with Crippen molar-refractivity contribution in [1.29, 1.82) is 0 Å². The molecule has 0 fully saturated rings. The van der Waals surface area contributed by atoms with Gasteiger partial charge >= 0.3 is 0 Å². The lowest BCUT2D eigenvalue weighted by Crippen LogP contribution is -2.24. The van der Waals surface area contributed by atoms with Crippen molar-refractivity contribution in [2.75, 3.05) is 44.1 Å². The fourth-order valence-corrected chi connectivity index (χ4v) is 1.43. The van der Waals surface area contributed by atoms with E-state index in [1.165, 1.54) is 0 Å². The van der Waals surface area contributed by atoms with Crippen LogP contribution in [0.1, 0.15) is 19.7 Å². The van der Waals surface area contributed by atoms with Crippen LogP contribution in [0.4, 0.5) is 11.6 Å². The largest absolute Gasteiger partial charge is 0.380 e. The Hall–Kier alpha value is -1.36. The summed E-state index contributed by atoms with van der Waals surface area (Å²) in [7, 11) is 3.88. The molecule has 0 aliphatic rings. The Morgan fingerprint density at radius 1 is 1.35 bits per heavy atom. The summed E-state index contributed by atoms with van der Waals surface area (Å²) in [4.78, 5) is 10.9. The summed E-state index contributed by atoms with van der Waals surface area (Å²) in [5.41, 5.74) is 0. The third-order valence-corrected chi connectivity index (χ3v) is 2.50. The van der Waals surface area contributed by atoms with Gasteiger partial charge in [0.1, 0.15) is 17.5 Å². The second kappa shape index (κ2) is 7.06. The van der Waals surface area contributed by atoms with E-state index in [4.69, 9.17) is 4.74 Å². The minimum absolute atomic E-state index is 0.716. The van der Waals surface area contributed by atoms with Crippen LogP contribution in [-0.4, -0.2) is 43.8 Å². The van der Waals surface area contributed by atoms with Crippen LogP contribution in [0.5, 0.6) is 0 Å². The van der Waals surface area contributed by atoms with Crippen molar-refractivity contribution in [3.63, 3.8) is 0 Å². The summed E-state index contributed by atoms with van der Waals surface area (Å²) >= 11 is 0. The van der Waals surface area contributed by atoms with E-state index in [0.717, 1.165) is 37.0 Å². The number of aromatic nitrogens is 2. The van der Waals surface area contributed by atoms with Crippen molar-refractivity contribution in [2.45, 2.75) is 20.3 Å². The molecule has 5 nitrogen and oxygen atoms in total. The van der Waals surface area contributed by atoms with Gasteiger partial charge in [-0.25, -0.2) is 9.97 Å². The van der Waals surface area contributed by atoms with E-state index in [2.05, 4.69) is 27.1 Å². The summed E-state index contributed by atoms with van der Waals surface area (Å²) in [6.45, 7) is 6.35. The summed E-state index contributed by atoms with van der Waals surface area (Å²) in [5.74, 6) is 2.64. The second-order valence-electron chi connectivity index (χ2n) is 3.75. The number of hydrogen-bond acceptors (Lipinski definition) is 5. The van der Waals surface area contributed by atoms with Crippen molar-refractivity contribution >= 4 is 11.6 Å². The lowest BCUT2D eigenvalue weighted by molar-refractivity contribution is 0.154. The molecule has 1 aromatic rings. The molecule has 0 unspecified atom stereocenters. The molecule has 0 saturated heterocycles. The minimum atomic E-state index is 0.716. The molecule has 0 aromatic carbocycles. The van der Waals surface area contributed by atoms with Crippen molar-refractivity contribution < 1.29 is 4.74 Å². The number of likely N-dealkylation sites (N-methyl/N-ethyl adjacent to an activating group) is 1. The second-order valence-corrected chi connectivity index (χ2v) is 3.75. The Morgan fingerprint density at radius 2 is 2.12 bits per heavy atom. The van der Waals surface area contributed by atoms with Gasteiger partial charge in [0.15, 0.2) is 0 Å². The van der Waals surface area contributed by atoms with Gasteiger partial charge in [0.05, 0.1) is 6.61 Å². The molecule has 1 N–H and O–H groups in total. The van der Waals surface area contributed by atoms with Gasteiger partial charge in [0.25, 0.3) is 0 Å². The average Bonchev–Trinajstić information content (AvgIpc) is 2.38. The zero-order chi connectivity index (χ0) is 12.7. The molecule has 96 valence electrons. The number of ether oxygens (including phenoxy) is 1. The maximum Gasteiger partial charge on any atom is 0.134 e. The molecule has 0 bridgehead atoms. The van der Waals surface area contributed by atoms with E-state index in [-0.39, 0.29) is 0 Å². The molecule has 0 atom stereocenters. The molecule has 0 aliphatic heterocycles. The zero-order valence-electron chi connectivity index (χ0n) is 11.2. The first-order chi connectivity index (χ1) is 8.21. The molecule has 0 saturated carbocycles. The van der Waals surface area contributed by atoms with Crippen LogP contribution in [0, 0.1) is 0 Å². The van der Waals surface area contributed by atoms with E-state index in [0.29, 0.717) is 6.61 Å². The third-order valence-electron chi connectivity index (χ3n) is 2.50. The summed E-state index contributed by atoms with van der Waals surface area (Å²) in [5, 5.41) is 3.06. The normalized spacial score (nSPS) is 10.4. The Balaban J connectivity index is 2.73. The molecule has 1 aromatic heterocycles. The van der Waals surface area contributed by atoms with Crippen LogP contribution in [0.15, 0.2) is 6.07 Å². The van der Waals surface area contributed by atoms with Gasteiger partial charge in [-0.3, -0.25) is 0 Å². The Bertz CT molecular complexity index is 321. The minimum Gasteiger partial charge on any atom is -0.380 e. The topological polar surface area (TPSA) is 50.3 Å². The van der Waals surface area contributed by atoms with Crippen LogP contribution in [-0.2, 0) is 11.2 Å². The SMILES string of the molecule is CCOCCN(C)c1cc(NC)nc(CC)n1. The number of rotatable bonds is 7.